The van der Waals surface area contributed by atoms with Gasteiger partial charge >= 0.3 is 6.09 Å². The van der Waals surface area contributed by atoms with Crippen LogP contribution in [-0.2, 0) is 0 Å². The van der Waals surface area contributed by atoms with Gasteiger partial charge in [0.25, 0.3) is 0 Å². The van der Waals surface area contributed by atoms with E-state index in [2.05, 4.69) is 6.58 Å². The van der Waals surface area contributed by atoms with E-state index >= 15 is 0 Å². The summed E-state index contributed by atoms with van der Waals surface area (Å²) in [5.74, 6) is 0. The van der Waals surface area contributed by atoms with Crippen LogP contribution in [0.3, 0.4) is 0 Å². The summed E-state index contributed by atoms with van der Waals surface area (Å²) < 4.78 is 0. The molecule has 1 aliphatic heterocycles. The van der Waals surface area contributed by atoms with Gasteiger partial charge in [-0.05, 0) is 12.8 Å². The summed E-state index contributed by atoms with van der Waals surface area (Å²) in [5.41, 5.74) is 1.02. The van der Waals surface area contributed by atoms with Gasteiger partial charge in [0.2, 0.25) is 0 Å². The third-order valence-electron chi connectivity index (χ3n) is 1.64. The Morgan fingerprint density at radius 2 is 2.40 bits per heavy atom. The molecule has 0 aromatic heterocycles. The lowest BCUT2D eigenvalue weighted by molar-refractivity contribution is 0.144. The first kappa shape index (κ1) is 7.12. The smallest absolute Gasteiger partial charge is 0.407 e. The zero-order valence-corrected chi connectivity index (χ0v) is 5.84. The predicted octanol–water partition coefficient (Wildman–Crippen LogP) is 1.32. The normalized spacial score (nSPS) is 19.2. The molecule has 0 saturated carbocycles. The fourth-order valence-corrected chi connectivity index (χ4v) is 1.11. The summed E-state index contributed by atoms with van der Waals surface area (Å²) in [7, 11) is 0. The Kier molecular flexibility index (Phi) is 1.94. The summed E-state index contributed by atoms with van der Waals surface area (Å²) in [5, 5.41) is 8.54. The summed E-state index contributed by atoms with van der Waals surface area (Å²) in [6.07, 6.45) is 1.07. The molecule has 3 heteroatoms. The molecule has 1 fully saturated rings. The number of carboxylic acid groups (broad SMARTS) is 1. The Morgan fingerprint density at radius 1 is 1.70 bits per heavy atom. The number of hydrogen-bond donors (Lipinski definition) is 1. The highest BCUT2D eigenvalue weighted by Crippen LogP contribution is 2.12. The van der Waals surface area contributed by atoms with E-state index in [9.17, 15) is 4.79 Å². The van der Waals surface area contributed by atoms with Gasteiger partial charge < -0.3 is 10.0 Å². The second kappa shape index (κ2) is 2.73. The zero-order valence-electron chi connectivity index (χ0n) is 5.84. The molecule has 1 N–H and O–H groups in total. The molecule has 0 aromatic carbocycles. The first-order valence-corrected chi connectivity index (χ1v) is 3.34. The number of amides is 1. The second-order valence-electron chi connectivity index (χ2n) is 2.56. The molecule has 0 atom stereocenters. The number of carbonyl (C=O) groups is 1. The van der Waals surface area contributed by atoms with Crippen molar-refractivity contribution in [2.24, 2.45) is 0 Å². The molecule has 1 saturated heterocycles. The molecule has 10 heavy (non-hydrogen) atoms. The van der Waals surface area contributed by atoms with Crippen molar-refractivity contribution in [1.82, 2.24) is 4.90 Å². The molecule has 1 rings (SSSR count). The molecular weight excluding hydrogens is 130 g/mol. The Balaban J connectivity index is 2.47. The Hall–Kier alpha value is -0.990. The Bertz CT molecular complexity index is 163. The third kappa shape index (κ3) is 1.50. The lowest BCUT2D eigenvalue weighted by Crippen LogP contribution is -2.35. The fraction of sp³-hybridized carbons (Fsp3) is 0.571. The quantitative estimate of drug-likeness (QED) is 0.517. The SMILES string of the molecule is C=C1CCCN(C(=O)O)C1. The van der Waals surface area contributed by atoms with Crippen molar-refractivity contribution in [1.29, 1.82) is 0 Å². The van der Waals surface area contributed by atoms with Crippen LogP contribution >= 0.6 is 0 Å². The van der Waals surface area contributed by atoms with Crippen LogP contribution in [0.15, 0.2) is 12.2 Å². The lowest BCUT2D eigenvalue weighted by atomic mass is 10.1. The lowest BCUT2D eigenvalue weighted by Gasteiger charge is -2.25. The molecule has 1 heterocycles. The maximum atomic E-state index is 10.4. The molecule has 56 valence electrons. The highest BCUT2D eigenvalue weighted by atomic mass is 16.4. The van der Waals surface area contributed by atoms with Crippen molar-refractivity contribution in [3.05, 3.63) is 12.2 Å². The molecule has 0 aromatic rings. The number of piperidine rings is 1. The average molecular weight is 141 g/mol. The van der Waals surface area contributed by atoms with E-state index in [0.717, 1.165) is 18.4 Å². The molecule has 3 nitrogen and oxygen atoms in total. The molecule has 1 aliphatic rings. The van der Waals surface area contributed by atoms with Crippen LogP contribution in [0.2, 0.25) is 0 Å². The topological polar surface area (TPSA) is 40.5 Å². The maximum absolute atomic E-state index is 10.4. The molecule has 0 unspecified atom stereocenters. The van der Waals surface area contributed by atoms with Crippen LogP contribution in [0.4, 0.5) is 4.79 Å². The van der Waals surface area contributed by atoms with Gasteiger partial charge in [0.05, 0.1) is 0 Å². The van der Waals surface area contributed by atoms with Crippen molar-refractivity contribution in [2.75, 3.05) is 13.1 Å². The van der Waals surface area contributed by atoms with Gasteiger partial charge in [-0.25, -0.2) is 4.79 Å². The minimum absolute atomic E-state index is 0.523. The van der Waals surface area contributed by atoms with E-state index in [-0.39, 0.29) is 0 Å². The summed E-state index contributed by atoms with van der Waals surface area (Å²) >= 11 is 0. The van der Waals surface area contributed by atoms with Gasteiger partial charge in [0.15, 0.2) is 0 Å². The molecule has 0 radical (unpaired) electrons. The van der Waals surface area contributed by atoms with Crippen molar-refractivity contribution >= 4 is 6.09 Å². The number of likely N-dealkylation sites (tertiary alicyclic amines) is 1. The highest BCUT2D eigenvalue weighted by Gasteiger charge is 2.16. The molecular formula is C7H11NO2. The Morgan fingerprint density at radius 3 is 2.80 bits per heavy atom. The van der Waals surface area contributed by atoms with Crippen LogP contribution < -0.4 is 0 Å². The predicted molar refractivity (Wildman–Crippen MR) is 38.0 cm³/mol. The second-order valence-corrected chi connectivity index (χ2v) is 2.56. The largest absolute Gasteiger partial charge is 0.465 e. The molecule has 0 spiro atoms. The van der Waals surface area contributed by atoms with E-state index in [4.69, 9.17) is 5.11 Å². The third-order valence-corrected chi connectivity index (χ3v) is 1.64. The van der Waals surface area contributed by atoms with E-state index in [1.54, 1.807) is 0 Å². The highest BCUT2D eigenvalue weighted by molar-refractivity contribution is 5.65. The number of hydrogen-bond acceptors (Lipinski definition) is 1. The first-order valence-electron chi connectivity index (χ1n) is 3.34. The van der Waals surface area contributed by atoms with E-state index in [0.29, 0.717) is 13.1 Å². The van der Waals surface area contributed by atoms with Crippen LogP contribution in [0.1, 0.15) is 12.8 Å². The minimum atomic E-state index is -0.833. The number of nitrogens with zero attached hydrogens (tertiary/aromatic N) is 1. The zero-order chi connectivity index (χ0) is 7.56. The standard InChI is InChI=1S/C7H11NO2/c1-6-3-2-4-8(5-6)7(9)10/h1-5H2,(H,9,10). The van der Waals surface area contributed by atoms with E-state index in [1.165, 1.54) is 4.90 Å². The summed E-state index contributed by atoms with van der Waals surface area (Å²) in [4.78, 5) is 11.8. The minimum Gasteiger partial charge on any atom is -0.465 e. The van der Waals surface area contributed by atoms with Crippen molar-refractivity contribution in [3.8, 4) is 0 Å². The maximum Gasteiger partial charge on any atom is 0.407 e. The van der Waals surface area contributed by atoms with Gasteiger partial charge in [-0.15, -0.1) is 0 Å². The van der Waals surface area contributed by atoms with Crippen LogP contribution in [0.25, 0.3) is 0 Å². The Labute approximate surface area is 59.9 Å². The summed E-state index contributed by atoms with van der Waals surface area (Å²) in [6, 6.07) is 0. The monoisotopic (exact) mass is 141 g/mol. The van der Waals surface area contributed by atoms with Crippen LogP contribution in [0, 0.1) is 0 Å². The van der Waals surface area contributed by atoms with Gasteiger partial charge in [0, 0.05) is 13.1 Å². The average Bonchev–Trinajstić information content (AvgIpc) is 1.88. The van der Waals surface area contributed by atoms with Crippen molar-refractivity contribution in [2.45, 2.75) is 12.8 Å². The van der Waals surface area contributed by atoms with Crippen LogP contribution in [0.5, 0.6) is 0 Å². The van der Waals surface area contributed by atoms with Gasteiger partial charge in [-0.2, -0.15) is 0 Å². The van der Waals surface area contributed by atoms with Crippen molar-refractivity contribution < 1.29 is 9.90 Å². The van der Waals surface area contributed by atoms with Gasteiger partial charge in [0.1, 0.15) is 0 Å². The summed E-state index contributed by atoms with van der Waals surface area (Å²) in [6.45, 7) is 4.93. The van der Waals surface area contributed by atoms with Gasteiger partial charge in [-0.3, -0.25) is 0 Å². The number of rotatable bonds is 0. The van der Waals surface area contributed by atoms with Crippen molar-refractivity contribution in [3.63, 3.8) is 0 Å². The molecule has 1 amide bonds. The molecule has 0 bridgehead atoms. The fourth-order valence-electron chi connectivity index (χ4n) is 1.11. The van der Waals surface area contributed by atoms with E-state index in [1.807, 2.05) is 0 Å². The van der Waals surface area contributed by atoms with E-state index < -0.39 is 6.09 Å². The first-order chi connectivity index (χ1) is 4.70. The molecule has 0 aliphatic carbocycles. The van der Waals surface area contributed by atoms with Crippen LogP contribution in [-0.4, -0.2) is 29.2 Å². The van der Waals surface area contributed by atoms with Gasteiger partial charge in [-0.1, -0.05) is 12.2 Å².